The summed E-state index contributed by atoms with van der Waals surface area (Å²) in [6.07, 6.45) is 27.2. The Bertz CT molecular complexity index is 1320. The maximum Gasteiger partial charge on any atom is 0.306 e. The summed E-state index contributed by atoms with van der Waals surface area (Å²) in [5.74, 6) is -1.58. The van der Waals surface area contributed by atoms with Gasteiger partial charge in [0.2, 0.25) is 0 Å². The summed E-state index contributed by atoms with van der Waals surface area (Å²) >= 11 is 1.20. The molecule has 0 saturated heterocycles. The molecule has 0 N–H and O–H groups in total. The Morgan fingerprint density at radius 3 is 1.14 bits per heavy atom. The maximum atomic E-state index is 13.5. The standard InChI is InChI=1S/C57H106N2O13S/c1-7-11-15-19-23-27-31-43-66-49-67-45-50(46-68-52(60)35-28-24-20-16-12-8-2)71-55(63)38-32-41-59(57(65)73-44-34-40-58(5)6)42-33-39-56(64)72-51(47-69-53(61)36-29-25-21-17-13-9-3)48-70-54(62)37-30-26-22-18-14-10-4/h50-51H,7-49H2,1-6H3. The highest BCUT2D eigenvalue weighted by Gasteiger charge is 2.22. The van der Waals surface area contributed by atoms with Crippen LogP contribution < -0.4 is 0 Å². The number of esters is 5. The summed E-state index contributed by atoms with van der Waals surface area (Å²) in [6, 6.07) is 0. The molecule has 1 amide bonds. The molecule has 0 aliphatic carbocycles. The lowest BCUT2D eigenvalue weighted by atomic mass is 10.1. The fraction of sp³-hybridized carbons (Fsp3) is 0.895. The Morgan fingerprint density at radius 1 is 0.384 bits per heavy atom. The van der Waals surface area contributed by atoms with Gasteiger partial charge in [-0.2, -0.15) is 0 Å². The molecule has 428 valence electrons. The van der Waals surface area contributed by atoms with Crippen molar-refractivity contribution in [3.63, 3.8) is 0 Å². The van der Waals surface area contributed by atoms with E-state index in [1.165, 1.54) is 63.1 Å². The third-order valence-electron chi connectivity index (χ3n) is 12.3. The second-order valence-corrected chi connectivity index (χ2v) is 20.9. The predicted molar refractivity (Wildman–Crippen MR) is 292 cm³/mol. The van der Waals surface area contributed by atoms with E-state index in [2.05, 4.69) is 32.6 Å². The third kappa shape index (κ3) is 48.4. The van der Waals surface area contributed by atoms with E-state index >= 15 is 0 Å². The van der Waals surface area contributed by atoms with Gasteiger partial charge in [0.05, 0.1) is 6.61 Å². The first kappa shape index (κ1) is 70.1. The van der Waals surface area contributed by atoms with Crippen LogP contribution in [0, 0.1) is 0 Å². The van der Waals surface area contributed by atoms with E-state index in [1.54, 1.807) is 4.90 Å². The van der Waals surface area contributed by atoms with Gasteiger partial charge in [0.1, 0.15) is 26.6 Å². The molecular formula is C57H106N2O13S. The van der Waals surface area contributed by atoms with Crippen LogP contribution in [0.4, 0.5) is 4.79 Å². The average Bonchev–Trinajstić information content (AvgIpc) is 3.36. The Morgan fingerprint density at radius 2 is 0.740 bits per heavy atom. The molecule has 0 saturated carbocycles. The van der Waals surface area contributed by atoms with Crippen LogP contribution in [-0.4, -0.2) is 136 Å². The van der Waals surface area contributed by atoms with Crippen molar-refractivity contribution < 1.29 is 61.9 Å². The number of carbonyl (C=O) groups is 6. The summed E-state index contributed by atoms with van der Waals surface area (Å²) in [7, 11) is 3.96. The summed E-state index contributed by atoms with van der Waals surface area (Å²) in [5, 5.41) is -0.159. The molecule has 1 atom stereocenters. The van der Waals surface area contributed by atoms with Crippen LogP contribution in [0.5, 0.6) is 0 Å². The lowest BCUT2D eigenvalue weighted by Gasteiger charge is -2.23. The zero-order valence-electron chi connectivity index (χ0n) is 47.2. The topological polar surface area (TPSA) is 174 Å². The zero-order chi connectivity index (χ0) is 53.8. The van der Waals surface area contributed by atoms with E-state index in [0.717, 1.165) is 109 Å². The maximum absolute atomic E-state index is 13.5. The van der Waals surface area contributed by atoms with E-state index in [-0.39, 0.29) is 102 Å². The summed E-state index contributed by atoms with van der Waals surface area (Å²) in [5.41, 5.74) is 0. The molecule has 0 radical (unpaired) electrons. The van der Waals surface area contributed by atoms with Crippen molar-refractivity contribution in [1.82, 2.24) is 9.80 Å². The third-order valence-corrected chi connectivity index (χ3v) is 13.3. The highest BCUT2D eigenvalue weighted by atomic mass is 32.2. The van der Waals surface area contributed by atoms with Gasteiger partial charge in [0, 0.05) is 57.6 Å². The molecule has 0 aromatic carbocycles. The van der Waals surface area contributed by atoms with Crippen LogP contribution in [0.1, 0.15) is 240 Å². The Hall–Kier alpha value is -2.95. The minimum absolute atomic E-state index is 0.00145. The van der Waals surface area contributed by atoms with Crippen LogP contribution >= 0.6 is 11.8 Å². The molecule has 15 nitrogen and oxygen atoms in total. The predicted octanol–water partition coefficient (Wildman–Crippen LogP) is 13.1. The number of nitrogens with zero attached hydrogens (tertiary/aromatic N) is 2. The zero-order valence-corrected chi connectivity index (χ0v) is 48.0. The van der Waals surface area contributed by atoms with Crippen molar-refractivity contribution in [1.29, 1.82) is 0 Å². The van der Waals surface area contributed by atoms with Gasteiger partial charge in [0.25, 0.3) is 5.24 Å². The molecule has 1 unspecified atom stereocenters. The van der Waals surface area contributed by atoms with Crippen LogP contribution in [0.25, 0.3) is 0 Å². The van der Waals surface area contributed by atoms with E-state index in [0.29, 0.717) is 38.0 Å². The number of amides is 1. The van der Waals surface area contributed by atoms with Gasteiger partial charge in [0.15, 0.2) is 12.2 Å². The lowest BCUT2D eigenvalue weighted by molar-refractivity contribution is -0.167. The average molecular weight is 1060 g/mol. The Balaban J connectivity index is 5.48. The number of carbonyl (C=O) groups excluding carboxylic acids is 6. The highest BCUT2D eigenvalue weighted by molar-refractivity contribution is 8.13. The minimum Gasteiger partial charge on any atom is -0.462 e. The largest absolute Gasteiger partial charge is 0.462 e. The van der Waals surface area contributed by atoms with Gasteiger partial charge in [-0.05, 0) is 65.6 Å². The molecule has 0 spiro atoms. The molecule has 0 aromatic rings. The molecule has 0 heterocycles. The number of unbranched alkanes of at least 4 members (excludes halogenated alkanes) is 21. The Kier molecular flexibility index (Phi) is 50.4. The SMILES string of the molecule is CCCCCCCCCOCOCC(COC(=O)CCCCCCCC)OC(=O)CCCN(CCCC(=O)OC(COC(=O)CCCCCCCC)COC(=O)CCCCCCCC)C(=O)SCCCN(C)C. The van der Waals surface area contributed by atoms with Gasteiger partial charge in [-0.3, -0.25) is 28.8 Å². The van der Waals surface area contributed by atoms with E-state index < -0.39 is 24.1 Å². The fourth-order valence-electron chi connectivity index (χ4n) is 7.86. The van der Waals surface area contributed by atoms with Crippen LogP contribution in [0.3, 0.4) is 0 Å². The van der Waals surface area contributed by atoms with Gasteiger partial charge in [-0.1, -0.05) is 174 Å². The number of thioether (sulfide) groups is 1. The molecule has 0 bridgehead atoms. The van der Waals surface area contributed by atoms with Crippen molar-refractivity contribution in [2.45, 2.75) is 252 Å². The van der Waals surface area contributed by atoms with Crippen molar-refractivity contribution in [2.24, 2.45) is 0 Å². The summed E-state index contributed by atoms with van der Waals surface area (Å²) in [4.78, 5) is 81.5. The minimum atomic E-state index is -0.967. The molecule has 0 aliphatic rings. The van der Waals surface area contributed by atoms with Crippen molar-refractivity contribution in [3.05, 3.63) is 0 Å². The van der Waals surface area contributed by atoms with Crippen LogP contribution in [0.2, 0.25) is 0 Å². The lowest BCUT2D eigenvalue weighted by Crippen LogP contribution is -2.33. The molecule has 0 aromatic heterocycles. The second kappa shape index (κ2) is 52.5. The highest BCUT2D eigenvalue weighted by Crippen LogP contribution is 2.16. The molecule has 0 aliphatic heterocycles. The van der Waals surface area contributed by atoms with Crippen molar-refractivity contribution in [3.8, 4) is 0 Å². The number of rotatable bonds is 53. The quantitative estimate of drug-likeness (QED) is 0.0243. The van der Waals surface area contributed by atoms with Crippen molar-refractivity contribution >= 4 is 46.8 Å². The molecular weight excluding hydrogens is 953 g/mol. The van der Waals surface area contributed by atoms with Crippen LogP contribution in [-0.2, 0) is 57.1 Å². The van der Waals surface area contributed by atoms with Gasteiger partial charge < -0.3 is 43.0 Å². The Labute approximate surface area is 448 Å². The fourth-order valence-corrected chi connectivity index (χ4v) is 8.67. The van der Waals surface area contributed by atoms with Gasteiger partial charge in [-0.15, -0.1) is 0 Å². The second-order valence-electron chi connectivity index (χ2n) is 19.8. The van der Waals surface area contributed by atoms with E-state index in [4.69, 9.17) is 33.2 Å². The molecule has 16 heteroatoms. The smallest absolute Gasteiger partial charge is 0.306 e. The van der Waals surface area contributed by atoms with Crippen LogP contribution in [0.15, 0.2) is 0 Å². The normalized spacial score (nSPS) is 11.7. The molecule has 0 rings (SSSR count). The van der Waals surface area contributed by atoms with Gasteiger partial charge in [-0.25, -0.2) is 0 Å². The molecule has 0 fully saturated rings. The van der Waals surface area contributed by atoms with Crippen molar-refractivity contribution in [2.75, 3.05) is 79.3 Å². The summed E-state index contributed by atoms with van der Waals surface area (Å²) < 4.78 is 39.4. The van der Waals surface area contributed by atoms with E-state index in [9.17, 15) is 28.8 Å². The first-order valence-corrected chi connectivity index (χ1v) is 30.0. The van der Waals surface area contributed by atoms with Gasteiger partial charge >= 0.3 is 29.8 Å². The first-order chi connectivity index (χ1) is 35.4. The van der Waals surface area contributed by atoms with E-state index in [1.807, 2.05) is 14.1 Å². The summed E-state index contributed by atoms with van der Waals surface area (Å²) in [6.45, 7) is 10.0. The number of ether oxygens (including phenoxy) is 7. The molecule has 73 heavy (non-hydrogen) atoms. The monoisotopic (exact) mass is 1060 g/mol. The first-order valence-electron chi connectivity index (χ1n) is 29.0. The number of hydrogen-bond acceptors (Lipinski definition) is 15. The number of hydrogen-bond donors (Lipinski definition) is 0.